The molecular weight excluding hydrogens is 390 g/mol. The third-order valence-electron chi connectivity index (χ3n) is 3.48. The van der Waals surface area contributed by atoms with Gasteiger partial charge in [-0.25, -0.2) is 26.3 Å². The van der Waals surface area contributed by atoms with E-state index in [1.807, 2.05) is 5.32 Å². The molecule has 2 aromatic carbocycles. The first kappa shape index (κ1) is 19.1. The second kappa shape index (κ2) is 7.55. The molecule has 0 aliphatic heterocycles. The number of anilines is 3. The number of amides is 1. The molecule has 0 radical (unpaired) electrons. The summed E-state index contributed by atoms with van der Waals surface area (Å²) in [6, 6.07) is 5.34. The summed E-state index contributed by atoms with van der Waals surface area (Å²) in [4.78, 5) is 12.0. The monoisotopic (exact) mass is 398 g/mol. The van der Waals surface area contributed by atoms with Gasteiger partial charge in [0.15, 0.2) is 46.4 Å². The number of halogens is 6. The second-order valence-electron chi connectivity index (χ2n) is 5.33. The van der Waals surface area contributed by atoms with Crippen LogP contribution in [0.4, 0.5) is 43.5 Å². The van der Waals surface area contributed by atoms with Crippen LogP contribution in [0.15, 0.2) is 36.4 Å². The lowest BCUT2D eigenvalue weighted by Crippen LogP contribution is -2.16. The van der Waals surface area contributed by atoms with Crippen molar-refractivity contribution < 1.29 is 31.1 Å². The summed E-state index contributed by atoms with van der Waals surface area (Å²) in [5.41, 5.74) is -1.37. The molecule has 0 fully saturated rings. The molecule has 3 aromatic rings. The van der Waals surface area contributed by atoms with E-state index in [-0.39, 0.29) is 11.5 Å². The number of nitrogens with one attached hydrogen (secondary N) is 2. The molecule has 1 amide bonds. The predicted octanol–water partition coefficient (Wildman–Crippen LogP) is 4.31. The molecule has 0 spiro atoms. The molecule has 0 aliphatic carbocycles. The quantitative estimate of drug-likeness (QED) is 0.508. The van der Waals surface area contributed by atoms with Crippen molar-refractivity contribution >= 4 is 23.1 Å². The third kappa shape index (κ3) is 3.72. The zero-order valence-corrected chi connectivity index (χ0v) is 13.5. The predicted molar refractivity (Wildman–Crippen MR) is 85.9 cm³/mol. The summed E-state index contributed by atoms with van der Waals surface area (Å²) in [5.74, 6) is -10.4. The Morgan fingerprint density at radius 3 is 1.82 bits per heavy atom. The number of aromatic nitrogens is 2. The average molecular weight is 398 g/mol. The zero-order chi connectivity index (χ0) is 20.4. The van der Waals surface area contributed by atoms with Crippen molar-refractivity contribution in [3.05, 3.63) is 77.0 Å². The fourth-order valence-corrected chi connectivity index (χ4v) is 2.09. The maximum atomic E-state index is 13.6. The molecule has 0 bridgehead atoms. The largest absolute Gasteiger partial charge is 0.336 e. The van der Waals surface area contributed by atoms with Gasteiger partial charge < -0.3 is 10.6 Å². The van der Waals surface area contributed by atoms with E-state index in [0.29, 0.717) is 12.1 Å². The first-order valence-corrected chi connectivity index (χ1v) is 7.47. The van der Waals surface area contributed by atoms with Crippen LogP contribution in [0.5, 0.6) is 0 Å². The van der Waals surface area contributed by atoms with E-state index >= 15 is 0 Å². The maximum Gasteiger partial charge on any atom is 0.276 e. The summed E-state index contributed by atoms with van der Waals surface area (Å²) < 4.78 is 79.4. The lowest BCUT2D eigenvalue weighted by Gasteiger charge is -2.09. The minimum atomic E-state index is -1.75. The Morgan fingerprint density at radius 2 is 1.25 bits per heavy atom. The van der Waals surface area contributed by atoms with Gasteiger partial charge in [0.25, 0.3) is 5.91 Å². The van der Waals surface area contributed by atoms with Crippen LogP contribution >= 0.6 is 0 Å². The number of benzene rings is 2. The fourth-order valence-electron chi connectivity index (χ4n) is 2.09. The van der Waals surface area contributed by atoms with Crippen LogP contribution in [-0.4, -0.2) is 16.1 Å². The lowest BCUT2D eigenvalue weighted by molar-refractivity contribution is 0.102. The highest BCUT2D eigenvalue weighted by Gasteiger charge is 2.17. The minimum absolute atomic E-state index is 0.111. The fraction of sp³-hybridized carbons (Fsp3) is 0. The molecule has 0 aliphatic rings. The van der Waals surface area contributed by atoms with E-state index in [4.69, 9.17) is 0 Å². The number of rotatable bonds is 4. The molecule has 2 N–H and O–H groups in total. The molecule has 11 heteroatoms. The van der Waals surface area contributed by atoms with E-state index < -0.39 is 52.2 Å². The number of hydrogen-bond acceptors (Lipinski definition) is 4. The second-order valence-corrected chi connectivity index (χ2v) is 5.33. The number of carbonyl (C=O) groups excluding carboxylic acids is 1. The normalized spacial score (nSPS) is 10.6. The SMILES string of the molecule is O=C(Nc1ccc(F)c(F)c1F)c1ccc(Nc2ccc(F)c(F)c2F)nn1. The first-order chi connectivity index (χ1) is 13.3. The molecule has 0 atom stereocenters. The van der Waals surface area contributed by atoms with Gasteiger partial charge >= 0.3 is 0 Å². The van der Waals surface area contributed by atoms with Gasteiger partial charge in [-0.3, -0.25) is 4.79 Å². The van der Waals surface area contributed by atoms with E-state index in [9.17, 15) is 31.1 Å². The van der Waals surface area contributed by atoms with Gasteiger partial charge in [0.1, 0.15) is 0 Å². The van der Waals surface area contributed by atoms with Gasteiger partial charge in [-0.2, -0.15) is 0 Å². The van der Waals surface area contributed by atoms with Gasteiger partial charge in [-0.15, -0.1) is 10.2 Å². The zero-order valence-electron chi connectivity index (χ0n) is 13.5. The molecular formula is C17H8F6N4O. The topological polar surface area (TPSA) is 66.9 Å². The minimum Gasteiger partial charge on any atom is -0.336 e. The maximum absolute atomic E-state index is 13.6. The highest BCUT2D eigenvalue weighted by Crippen LogP contribution is 2.23. The summed E-state index contributed by atoms with van der Waals surface area (Å²) in [6.07, 6.45) is 0. The summed E-state index contributed by atoms with van der Waals surface area (Å²) >= 11 is 0. The molecule has 0 saturated carbocycles. The van der Waals surface area contributed by atoms with Gasteiger partial charge in [-0.05, 0) is 36.4 Å². The van der Waals surface area contributed by atoms with Crippen molar-refractivity contribution in [2.45, 2.75) is 0 Å². The van der Waals surface area contributed by atoms with Crippen molar-refractivity contribution in [1.29, 1.82) is 0 Å². The Labute approximate surface area is 153 Å². The van der Waals surface area contributed by atoms with Gasteiger partial charge in [0.05, 0.1) is 11.4 Å². The molecule has 3 rings (SSSR count). The number of carbonyl (C=O) groups is 1. The lowest BCUT2D eigenvalue weighted by atomic mass is 10.2. The third-order valence-corrected chi connectivity index (χ3v) is 3.48. The highest BCUT2D eigenvalue weighted by molar-refractivity contribution is 6.02. The molecule has 28 heavy (non-hydrogen) atoms. The van der Waals surface area contributed by atoms with Crippen molar-refractivity contribution in [1.82, 2.24) is 10.2 Å². The van der Waals surface area contributed by atoms with Gasteiger partial charge in [0, 0.05) is 0 Å². The van der Waals surface area contributed by atoms with E-state index in [0.717, 1.165) is 24.3 Å². The molecule has 1 heterocycles. The average Bonchev–Trinajstić information content (AvgIpc) is 2.69. The van der Waals surface area contributed by atoms with Gasteiger partial charge in [-0.1, -0.05) is 0 Å². The van der Waals surface area contributed by atoms with Crippen molar-refractivity contribution in [3.63, 3.8) is 0 Å². The van der Waals surface area contributed by atoms with Crippen LogP contribution in [0.2, 0.25) is 0 Å². The Hall–Kier alpha value is -3.63. The van der Waals surface area contributed by atoms with E-state index in [1.54, 1.807) is 0 Å². The van der Waals surface area contributed by atoms with Crippen molar-refractivity contribution in [2.24, 2.45) is 0 Å². The van der Waals surface area contributed by atoms with Crippen molar-refractivity contribution in [3.8, 4) is 0 Å². The molecule has 0 saturated heterocycles. The van der Waals surface area contributed by atoms with Gasteiger partial charge in [0.2, 0.25) is 0 Å². The number of hydrogen-bond donors (Lipinski definition) is 2. The van der Waals surface area contributed by atoms with Crippen LogP contribution in [0, 0.1) is 34.9 Å². The summed E-state index contributed by atoms with van der Waals surface area (Å²) in [6.45, 7) is 0. The first-order valence-electron chi connectivity index (χ1n) is 7.47. The van der Waals surface area contributed by atoms with E-state index in [2.05, 4.69) is 15.5 Å². The smallest absolute Gasteiger partial charge is 0.276 e. The standard InChI is InChI=1S/C17H8F6N4O/c18-7-1-3-9(15(22)13(7)20)24-12-6-5-11(26-27-12)17(28)25-10-4-2-8(19)14(21)16(10)23/h1-6H,(H,24,27)(H,25,28). The molecule has 5 nitrogen and oxygen atoms in total. The Kier molecular flexibility index (Phi) is 5.16. The summed E-state index contributed by atoms with van der Waals surface area (Å²) in [7, 11) is 0. The van der Waals surface area contributed by atoms with Crippen LogP contribution in [0.3, 0.4) is 0 Å². The van der Waals surface area contributed by atoms with Crippen LogP contribution in [0.25, 0.3) is 0 Å². The molecule has 0 unspecified atom stereocenters. The highest BCUT2D eigenvalue weighted by atomic mass is 19.2. The van der Waals surface area contributed by atoms with E-state index in [1.165, 1.54) is 0 Å². The van der Waals surface area contributed by atoms with Crippen LogP contribution in [0.1, 0.15) is 10.5 Å². The molecule has 1 aromatic heterocycles. The molecule has 144 valence electrons. The van der Waals surface area contributed by atoms with Crippen molar-refractivity contribution in [2.75, 3.05) is 10.6 Å². The Bertz CT molecular complexity index is 1060. The number of nitrogens with zero attached hydrogens (tertiary/aromatic N) is 2. The van der Waals surface area contributed by atoms with Crippen LogP contribution in [-0.2, 0) is 0 Å². The Balaban J connectivity index is 1.75. The van der Waals surface area contributed by atoms with Crippen LogP contribution < -0.4 is 10.6 Å². The summed E-state index contributed by atoms with van der Waals surface area (Å²) in [5, 5.41) is 11.4. The Morgan fingerprint density at radius 1 is 0.679 bits per heavy atom.